The summed E-state index contributed by atoms with van der Waals surface area (Å²) in [5.41, 5.74) is 4.79. The van der Waals surface area contributed by atoms with Crippen LogP contribution in [0.5, 0.6) is 5.75 Å². The number of benzene rings is 2. The summed E-state index contributed by atoms with van der Waals surface area (Å²) in [5.74, 6) is 1.25. The van der Waals surface area contributed by atoms with Crippen LogP contribution in [0.2, 0.25) is 5.02 Å². The first kappa shape index (κ1) is 19.8. The zero-order valence-corrected chi connectivity index (χ0v) is 17.7. The van der Waals surface area contributed by atoms with Crippen molar-refractivity contribution in [3.8, 4) is 5.75 Å². The smallest absolute Gasteiger partial charge is 0.144 e. The highest BCUT2D eigenvalue weighted by Crippen LogP contribution is 2.43. The molecule has 0 N–H and O–H groups in total. The van der Waals surface area contributed by atoms with E-state index in [2.05, 4.69) is 55.8 Å². The Morgan fingerprint density at radius 2 is 2.04 bits per heavy atom. The van der Waals surface area contributed by atoms with Crippen LogP contribution in [-0.4, -0.2) is 25.4 Å². The van der Waals surface area contributed by atoms with E-state index in [-0.39, 0.29) is 5.54 Å². The Bertz CT molecular complexity index is 844. The fourth-order valence-corrected chi connectivity index (χ4v) is 4.31. The van der Waals surface area contributed by atoms with Gasteiger partial charge in [0.1, 0.15) is 11.4 Å². The van der Waals surface area contributed by atoms with Crippen molar-refractivity contribution >= 4 is 29.2 Å². The van der Waals surface area contributed by atoms with Crippen molar-refractivity contribution in [1.82, 2.24) is 0 Å². The van der Waals surface area contributed by atoms with Crippen molar-refractivity contribution in [3.05, 3.63) is 52.5 Å². The molecule has 0 bridgehead atoms. The van der Waals surface area contributed by atoms with Gasteiger partial charge in [-0.2, -0.15) is 0 Å². The van der Waals surface area contributed by atoms with Gasteiger partial charge >= 0.3 is 0 Å². The standard InChI is InChI=1S/C23H29ClN2O/c1-6-11-26-21-9-7-17(12-19(21)16(2)14-23(26,3)4)15-25-20-13-18(24)8-10-22(20)27-5/h7-10,12-13,15-16H,6,11,14H2,1-5H3. The summed E-state index contributed by atoms with van der Waals surface area (Å²) in [6, 6.07) is 12.1. The number of rotatable bonds is 5. The zero-order valence-electron chi connectivity index (χ0n) is 16.9. The Morgan fingerprint density at radius 3 is 2.74 bits per heavy atom. The quantitative estimate of drug-likeness (QED) is 0.542. The number of hydrogen-bond donors (Lipinski definition) is 0. The lowest BCUT2D eigenvalue weighted by Gasteiger charge is -2.47. The van der Waals surface area contributed by atoms with Crippen molar-refractivity contribution in [2.75, 3.05) is 18.6 Å². The molecule has 3 rings (SSSR count). The number of fused-ring (bicyclic) bond motifs is 1. The van der Waals surface area contributed by atoms with E-state index in [1.165, 1.54) is 11.3 Å². The Labute approximate surface area is 168 Å². The first-order chi connectivity index (χ1) is 12.9. The van der Waals surface area contributed by atoms with E-state index in [0.29, 0.717) is 10.9 Å². The fourth-order valence-electron chi connectivity index (χ4n) is 4.14. The highest BCUT2D eigenvalue weighted by molar-refractivity contribution is 6.30. The van der Waals surface area contributed by atoms with Gasteiger partial charge in [-0.15, -0.1) is 0 Å². The van der Waals surface area contributed by atoms with Crippen molar-refractivity contribution < 1.29 is 4.74 Å². The average Bonchev–Trinajstić information content (AvgIpc) is 2.63. The second-order valence-electron chi connectivity index (χ2n) is 7.96. The van der Waals surface area contributed by atoms with Crippen molar-refractivity contribution in [1.29, 1.82) is 0 Å². The van der Waals surface area contributed by atoms with Gasteiger partial charge in [0.05, 0.1) is 7.11 Å². The third kappa shape index (κ3) is 4.14. The van der Waals surface area contributed by atoms with Crippen LogP contribution in [0.15, 0.2) is 41.4 Å². The molecule has 1 heterocycles. The first-order valence-electron chi connectivity index (χ1n) is 9.65. The van der Waals surface area contributed by atoms with Crippen LogP contribution in [0, 0.1) is 0 Å². The molecule has 1 atom stereocenters. The molecule has 0 amide bonds. The molecule has 27 heavy (non-hydrogen) atoms. The number of halogens is 1. The number of nitrogens with zero attached hydrogens (tertiary/aromatic N) is 2. The third-order valence-corrected chi connectivity index (χ3v) is 5.59. The molecule has 0 aromatic heterocycles. The van der Waals surface area contributed by atoms with Crippen LogP contribution in [0.4, 0.5) is 11.4 Å². The average molecular weight is 385 g/mol. The van der Waals surface area contributed by atoms with Gasteiger partial charge in [0.2, 0.25) is 0 Å². The molecule has 144 valence electrons. The summed E-state index contributed by atoms with van der Waals surface area (Å²) in [7, 11) is 1.65. The van der Waals surface area contributed by atoms with Crippen LogP contribution < -0.4 is 9.64 Å². The lowest BCUT2D eigenvalue weighted by atomic mass is 9.79. The minimum absolute atomic E-state index is 0.187. The van der Waals surface area contributed by atoms with E-state index in [1.54, 1.807) is 7.11 Å². The SMILES string of the molecule is CCCN1c2ccc(C=Nc3cc(Cl)ccc3OC)cc2C(C)CC1(C)C. The highest BCUT2D eigenvalue weighted by Gasteiger charge is 2.35. The Balaban J connectivity index is 1.95. The van der Waals surface area contributed by atoms with E-state index in [4.69, 9.17) is 16.3 Å². The fraction of sp³-hybridized carbons (Fsp3) is 0.435. The van der Waals surface area contributed by atoms with E-state index in [0.717, 1.165) is 36.4 Å². The van der Waals surface area contributed by atoms with Gasteiger partial charge in [-0.05, 0) is 74.1 Å². The van der Waals surface area contributed by atoms with Crippen molar-refractivity contribution in [2.45, 2.75) is 52.0 Å². The lowest BCUT2D eigenvalue weighted by Crippen LogP contribution is -2.48. The van der Waals surface area contributed by atoms with Crippen LogP contribution >= 0.6 is 11.6 Å². The van der Waals surface area contributed by atoms with E-state index in [9.17, 15) is 0 Å². The predicted octanol–water partition coefficient (Wildman–Crippen LogP) is 6.60. The van der Waals surface area contributed by atoms with Crippen molar-refractivity contribution in [2.24, 2.45) is 4.99 Å². The normalized spacial score (nSPS) is 18.6. The monoisotopic (exact) mass is 384 g/mol. The molecule has 0 spiro atoms. The van der Waals surface area contributed by atoms with Gasteiger partial charge in [-0.25, -0.2) is 0 Å². The Morgan fingerprint density at radius 1 is 1.26 bits per heavy atom. The van der Waals surface area contributed by atoms with Gasteiger partial charge in [0, 0.05) is 29.0 Å². The summed E-state index contributed by atoms with van der Waals surface area (Å²) < 4.78 is 5.38. The molecule has 0 saturated carbocycles. The second kappa shape index (κ2) is 7.93. The molecule has 1 aliphatic rings. The van der Waals surface area contributed by atoms with Gasteiger partial charge in [0.25, 0.3) is 0 Å². The lowest BCUT2D eigenvalue weighted by molar-refractivity contribution is 0.376. The summed E-state index contributed by atoms with van der Waals surface area (Å²) in [5, 5.41) is 0.652. The number of ether oxygens (including phenoxy) is 1. The number of methoxy groups -OCH3 is 1. The number of anilines is 1. The largest absolute Gasteiger partial charge is 0.494 e. The predicted molar refractivity (Wildman–Crippen MR) is 116 cm³/mol. The van der Waals surface area contributed by atoms with Gasteiger partial charge in [-0.3, -0.25) is 4.99 Å². The van der Waals surface area contributed by atoms with Crippen LogP contribution in [0.25, 0.3) is 0 Å². The van der Waals surface area contributed by atoms with Gasteiger partial charge < -0.3 is 9.64 Å². The van der Waals surface area contributed by atoms with Gasteiger partial charge in [-0.1, -0.05) is 31.5 Å². The summed E-state index contributed by atoms with van der Waals surface area (Å²) >= 11 is 6.11. The highest BCUT2D eigenvalue weighted by atomic mass is 35.5. The molecule has 1 unspecified atom stereocenters. The van der Waals surface area contributed by atoms with Gasteiger partial charge in [0.15, 0.2) is 0 Å². The molecule has 0 fully saturated rings. The molecule has 0 aliphatic carbocycles. The molecular formula is C23H29ClN2O. The third-order valence-electron chi connectivity index (χ3n) is 5.35. The Kier molecular flexibility index (Phi) is 5.81. The maximum Gasteiger partial charge on any atom is 0.144 e. The summed E-state index contributed by atoms with van der Waals surface area (Å²) in [6.45, 7) is 10.4. The van der Waals surface area contributed by atoms with Crippen molar-refractivity contribution in [3.63, 3.8) is 0 Å². The molecule has 2 aromatic carbocycles. The minimum atomic E-state index is 0.187. The minimum Gasteiger partial charge on any atom is -0.494 e. The zero-order chi connectivity index (χ0) is 19.6. The molecule has 0 saturated heterocycles. The maximum absolute atomic E-state index is 6.11. The molecule has 3 nitrogen and oxygen atoms in total. The maximum atomic E-state index is 6.11. The number of aliphatic imine (C=N–C) groups is 1. The molecular weight excluding hydrogens is 356 g/mol. The molecule has 0 radical (unpaired) electrons. The van der Waals surface area contributed by atoms with Crippen LogP contribution in [0.1, 0.15) is 57.6 Å². The first-order valence-corrected chi connectivity index (χ1v) is 10.0. The van der Waals surface area contributed by atoms with E-state index in [1.807, 2.05) is 24.4 Å². The second-order valence-corrected chi connectivity index (χ2v) is 8.40. The summed E-state index contributed by atoms with van der Waals surface area (Å²) in [6.07, 6.45) is 4.20. The molecule has 4 heteroatoms. The van der Waals surface area contributed by atoms with E-state index >= 15 is 0 Å². The topological polar surface area (TPSA) is 24.8 Å². The molecule has 1 aliphatic heterocycles. The Hall–Kier alpha value is -2.00. The number of hydrogen-bond acceptors (Lipinski definition) is 3. The van der Waals surface area contributed by atoms with Crippen LogP contribution in [0.3, 0.4) is 0 Å². The summed E-state index contributed by atoms with van der Waals surface area (Å²) in [4.78, 5) is 7.18. The van der Waals surface area contributed by atoms with E-state index < -0.39 is 0 Å². The molecule has 2 aromatic rings. The van der Waals surface area contributed by atoms with Crippen LogP contribution in [-0.2, 0) is 0 Å².